The van der Waals surface area contributed by atoms with Gasteiger partial charge in [-0.15, -0.1) is 0 Å². The number of nitrogens with one attached hydrogen (secondary N) is 3. The largest absolute Gasteiger partial charge is 0.351 e. The van der Waals surface area contributed by atoms with E-state index in [1.54, 1.807) is 0 Å². The second-order valence-electron chi connectivity index (χ2n) is 8.01. The van der Waals surface area contributed by atoms with Gasteiger partial charge in [0.25, 0.3) is 0 Å². The lowest BCUT2D eigenvalue weighted by molar-refractivity contribution is -0.130. The van der Waals surface area contributed by atoms with Gasteiger partial charge < -0.3 is 16.0 Å². The third-order valence-electron chi connectivity index (χ3n) is 5.77. The van der Waals surface area contributed by atoms with E-state index in [2.05, 4.69) is 60.1 Å². The number of amides is 1. The third-order valence-corrected chi connectivity index (χ3v) is 5.77. The Bertz CT molecular complexity index is 552. The Morgan fingerprint density at radius 2 is 1.80 bits per heavy atom. The van der Waals surface area contributed by atoms with E-state index >= 15 is 0 Å². The summed E-state index contributed by atoms with van der Waals surface area (Å²) in [6.07, 6.45) is 6.44. The van der Waals surface area contributed by atoms with Crippen molar-refractivity contribution < 1.29 is 4.79 Å². The maximum atomic E-state index is 13.3. The van der Waals surface area contributed by atoms with Crippen molar-refractivity contribution in [3.05, 3.63) is 35.9 Å². The molecule has 0 radical (unpaired) electrons. The van der Waals surface area contributed by atoms with Crippen LogP contribution in [0.4, 0.5) is 0 Å². The lowest BCUT2D eigenvalue weighted by Gasteiger charge is -2.41. The van der Waals surface area contributed by atoms with Crippen molar-refractivity contribution in [2.24, 2.45) is 0 Å². The Kier molecular flexibility index (Phi) is 6.13. The van der Waals surface area contributed by atoms with Gasteiger partial charge in [0.2, 0.25) is 5.91 Å². The molecule has 0 unspecified atom stereocenters. The molecule has 1 aromatic rings. The second kappa shape index (κ2) is 8.33. The monoisotopic (exact) mass is 343 g/mol. The van der Waals surface area contributed by atoms with Gasteiger partial charge in [-0.3, -0.25) is 4.79 Å². The summed E-state index contributed by atoms with van der Waals surface area (Å²) in [5.41, 5.74) is 0.946. The van der Waals surface area contributed by atoms with E-state index in [0.717, 1.165) is 32.4 Å². The molecule has 2 atom stereocenters. The number of carbonyl (C=O) groups excluding carboxylic acids is 1. The molecule has 2 fully saturated rings. The number of rotatable bonds is 5. The van der Waals surface area contributed by atoms with E-state index in [9.17, 15) is 4.79 Å². The second-order valence-corrected chi connectivity index (χ2v) is 8.01. The molecular formula is C21H33N3O. The van der Waals surface area contributed by atoms with E-state index in [1.807, 2.05) is 0 Å². The molecule has 1 aliphatic carbocycles. The van der Waals surface area contributed by atoms with Gasteiger partial charge >= 0.3 is 0 Å². The number of hydrogen-bond donors (Lipinski definition) is 3. The van der Waals surface area contributed by atoms with Crippen molar-refractivity contribution >= 4 is 5.91 Å². The van der Waals surface area contributed by atoms with Crippen molar-refractivity contribution in [2.75, 3.05) is 13.1 Å². The third kappa shape index (κ3) is 4.42. The van der Waals surface area contributed by atoms with Crippen LogP contribution in [0.2, 0.25) is 0 Å². The predicted molar refractivity (Wildman–Crippen MR) is 103 cm³/mol. The van der Waals surface area contributed by atoms with Crippen molar-refractivity contribution in [1.82, 2.24) is 16.0 Å². The van der Waals surface area contributed by atoms with Gasteiger partial charge in [0, 0.05) is 18.0 Å². The fraction of sp³-hybridized carbons (Fsp3) is 0.667. The molecule has 3 rings (SSSR count). The van der Waals surface area contributed by atoms with E-state index in [4.69, 9.17) is 0 Å². The lowest BCUT2D eigenvalue weighted by Crippen LogP contribution is -2.64. The molecule has 25 heavy (non-hydrogen) atoms. The Labute approximate surface area is 152 Å². The van der Waals surface area contributed by atoms with E-state index in [-0.39, 0.29) is 11.9 Å². The topological polar surface area (TPSA) is 53.2 Å². The summed E-state index contributed by atoms with van der Waals surface area (Å²) < 4.78 is 0. The zero-order valence-corrected chi connectivity index (χ0v) is 15.7. The molecular weight excluding hydrogens is 310 g/mol. The van der Waals surface area contributed by atoms with E-state index in [1.165, 1.54) is 24.8 Å². The van der Waals surface area contributed by atoms with E-state index in [0.29, 0.717) is 12.0 Å². The highest BCUT2D eigenvalue weighted by Gasteiger charge is 2.41. The summed E-state index contributed by atoms with van der Waals surface area (Å²) in [6, 6.07) is 11.3. The van der Waals surface area contributed by atoms with Crippen LogP contribution >= 0.6 is 0 Å². The minimum atomic E-state index is -0.419. The van der Waals surface area contributed by atoms with Crippen LogP contribution in [0.1, 0.15) is 63.9 Å². The number of carbonyl (C=O) groups is 1. The molecule has 4 nitrogen and oxygen atoms in total. The first kappa shape index (κ1) is 18.4. The SMILES string of the molecule is CC(C)NC1(C(=O)N[C@@H]2CCCC[C@@H]2c2ccccc2)CCNCC1. The molecule has 0 aromatic heterocycles. The summed E-state index contributed by atoms with van der Waals surface area (Å²) in [7, 11) is 0. The first-order valence-electron chi connectivity index (χ1n) is 9.95. The van der Waals surface area contributed by atoms with Crippen LogP contribution in [-0.2, 0) is 4.79 Å². The maximum Gasteiger partial charge on any atom is 0.240 e. The van der Waals surface area contributed by atoms with Crippen LogP contribution in [0.3, 0.4) is 0 Å². The average molecular weight is 344 g/mol. The zero-order chi connectivity index (χ0) is 17.7. The fourth-order valence-corrected chi connectivity index (χ4v) is 4.55. The molecule has 1 heterocycles. The van der Waals surface area contributed by atoms with Crippen molar-refractivity contribution in [3.63, 3.8) is 0 Å². The van der Waals surface area contributed by atoms with Gasteiger partial charge in [0.05, 0.1) is 0 Å². The van der Waals surface area contributed by atoms with E-state index < -0.39 is 5.54 Å². The summed E-state index contributed by atoms with van der Waals surface area (Å²) >= 11 is 0. The highest BCUT2D eigenvalue weighted by Crippen LogP contribution is 2.33. The normalized spacial score (nSPS) is 26.4. The Balaban J connectivity index is 1.74. The number of piperidine rings is 1. The van der Waals surface area contributed by atoms with Crippen LogP contribution < -0.4 is 16.0 Å². The van der Waals surface area contributed by atoms with Gasteiger partial charge in [-0.25, -0.2) is 0 Å². The Hall–Kier alpha value is -1.39. The quantitative estimate of drug-likeness (QED) is 0.770. The molecule has 1 aromatic carbocycles. The number of hydrogen-bond acceptors (Lipinski definition) is 3. The average Bonchev–Trinajstić information content (AvgIpc) is 2.63. The molecule has 0 spiro atoms. The smallest absolute Gasteiger partial charge is 0.240 e. The molecule has 3 N–H and O–H groups in total. The van der Waals surface area contributed by atoms with Gasteiger partial charge in [-0.2, -0.15) is 0 Å². The van der Waals surface area contributed by atoms with Gasteiger partial charge in [-0.1, -0.05) is 43.2 Å². The zero-order valence-electron chi connectivity index (χ0n) is 15.7. The summed E-state index contributed by atoms with van der Waals surface area (Å²) in [4.78, 5) is 13.3. The molecule has 138 valence electrons. The first-order valence-corrected chi connectivity index (χ1v) is 9.95. The molecule has 2 aliphatic rings. The predicted octanol–water partition coefficient (Wildman–Crippen LogP) is 2.95. The first-order chi connectivity index (χ1) is 12.1. The molecule has 1 saturated carbocycles. The van der Waals surface area contributed by atoms with Gasteiger partial charge in [0.15, 0.2) is 0 Å². The summed E-state index contributed by atoms with van der Waals surface area (Å²) in [6.45, 7) is 6.06. The van der Waals surface area contributed by atoms with Crippen LogP contribution in [0.5, 0.6) is 0 Å². The molecule has 4 heteroatoms. The highest BCUT2D eigenvalue weighted by molar-refractivity contribution is 5.87. The Morgan fingerprint density at radius 1 is 1.12 bits per heavy atom. The minimum absolute atomic E-state index is 0.204. The van der Waals surface area contributed by atoms with Crippen molar-refractivity contribution in [3.8, 4) is 0 Å². The molecule has 1 amide bonds. The van der Waals surface area contributed by atoms with Crippen LogP contribution in [-0.4, -0.2) is 36.6 Å². The lowest BCUT2D eigenvalue weighted by atomic mass is 9.79. The molecule has 1 saturated heterocycles. The fourth-order valence-electron chi connectivity index (χ4n) is 4.55. The van der Waals surface area contributed by atoms with Gasteiger partial charge in [0.1, 0.15) is 5.54 Å². The van der Waals surface area contributed by atoms with Crippen LogP contribution in [0.15, 0.2) is 30.3 Å². The van der Waals surface area contributed by atoms with Crippen LogP contribution in [0, 0.1) is 0 Å². The van der Waals surface area contributed by atoms with Crippen molar-refractivity contribution in [2.45, 2.75) is 75.9 Å². The molecule has 1 aliphatic heterocycles. The highest BCUT2D eigenvalue weighted by atomic mass is 16.2. The molecule has 0 bridgehead atoms. The van der Waals surface area contributed by atoms with Crippen molar-refractivity contribution in [1.29, 1.82) is 0 Å². The van der Waals surface area contributed by atoms with Gasteiger partial charge in [-0.05, 0) is 58.2 Å². The minimum Gasteiger partial charge on any atom is -0.351 e. The maximum absolute atomic E-state index is 13.3. The summed E-state index contributed by atoms with van der Waals surface area (Å²) in [5, 5.41) is 10.4. The van der Waals surface area contributed by atoms with Crippen LogP contribution in [0.25, 0.3) is 0 Å². The standard InChI is InChI=1S/C21H33N3O/c1-16(2)24-21(12-14-22-15-13-21)20(25)23-19-11-7-6-10-18(19)17-8-4-3-5-9-17/h3-5,8-9,16,18-19,22,24H,6-7,10-15H2,1-2H3,(H,23,25)/t18-,19-/m1/s1. The summed E-state index contributed by atoms with van der Waals surface area (Å²) in [5.74, 6) is 0.646. The number of benzene rings is 1. The Morgan fingerprint density at radius 3 is 2.48 bits per heavy atom.